The number of ketones is 1. The zero-order valence-electron chi connectivity index (χ0n) is 8.81. The van der Waals surface area contributed by atoms with Crippen LogP contribution in [0.25, 0.3) is 0 Å². The molecule has 84 valence electrons. The van der Waals surface area contributed by atoms with Crippen molar-refractivity contribution in [2.75, 3.05) is 19.7 Å². The Balaban J connectivity index is 2.11. The molecule has 0 aromatic heterocycles. The predicted molar refractivity (Wildman–Crippen MR) is 58.4 cm³/mol. The third-order valence-electron chi connectivity index (χ3n) is 2.60. The maximum absolute atomic E-state index is 11.1. The maximum atomic E-state index is 11.1. The molecule has 1 heterocycles. The lowest BCUT2D eigenvalue weighted by molar-refractivity contribution is -0.104. The van der Waals surface area contributed by atoms with E-state index in [9.17, 15) is 9.59 Å². The monoisotopic (exact) mass is 219 g/mol. The molecule has 2 rings (SSSR count). The minimum Gasteiger partial charge on any atom is -0.371 e. The zero-order valence-corrected chi connectivity index (χ0v) is 8.81. The molecule has 0 radical (unpaired) electrons. The minimum atomic E-state index is -0.491. The average Bonchev–Trinajstić information content (AvgIpc) is 2.39. The lowest BCUT2D eigenvalue weighted by Crippen LogP contribution is -2.33. The van der Waals surface area contributed by atoms with Gasteiger partial charge in [0, 0.05) is 18.7 Å². The van der Waals surface area contributed by atoms with Crippen LogP contribution >= 0.6 is 0 Å². The van der Waals surface area contributed by atoms with Gasteiger partial charge in [-0.05, 0) is 5.56 Å². The SMILES string of the molecule is O=CC(=O)c1ccc(C2CNCCO2)cc1. The summed E-state index contributed by atoms with van der Waals surface area (Å²) in [6.45, 7) is 2.35. The fourth-order valence-corrected chi connectivity index (χ4v) is 1.71. The van der Waals surface area contributed by atoms with Gasteiger partial charge in [-0.3, -0.25) is 9.59 Å². The molecule has 1 aliphatic rings. The van der Waals surface area contributed by atoms with Gasteiger partial charge in [0.2, 0.25) is 5.78 Å². The molecule has 4 nitrogen and oxygen atoms in total. The van der Waals surface area contributed by atoms with Gasteiger partial charge in [0.25, 0.3) is 0 Å². The summed E-state index contributed by atoms with van der Waals surface area (Å²) in [6, 6.07) is 6.97. The summed E-state index contributed by atoms with van der Waals surface area (Å²) in [6.07, 6.45) is 0.363. The number of nitrogens with one attached hydrogen (secondary N) is 1. The molecule has 1 atom stereocenters. The molecule has 1 aliphatic heterocycles. The Labute approximate surface area is 93.6 Å². The van der Waals surface area contributed by atoms with E-state index in [1.54, 1.807) is 12.1 Å². The van der Waals surface area contributed by atoms with E-state index in [1.165, 1.54) is 0 Å². The molecule has 4 heteroatoms. The van der Waals surface area contributed by atoms with E-state index in [0.717, 1.165) is 18.7 Å². The second kappa shape index (κ2) is 5.01. The topological polar surface area (TPSA) is 55.4 Å². The van der Waals surface area contributed by atoms with Gasteiger partial charge in [0.05, 0.1) is 12.7 Å². The van der Waals surface area contributed by atoms with Crippen LogP contribution < -0.4 is 5.32 Å². The Bertz CT molecular complexity index is 380. The van der Waals surface area contributed by atoms with E-state index in [1.807, 2.05) is 12.1 Å². The first-order valence-corrected chi connectivity index (χ1v) is 5.23. The summed E-state index contributed by atoms with van der Waals surface area (Å²) >= 11 is 0. The number of ether oxygens (including phenoxy) is 1. The second-order valence-electron chi connectivity index (χ2n) is 3.67. The Kier molecular flexibility index (Phi) is 3.44. The van der Waals surface area contributed by atoms with Crippen LogP contribution in [0.1, 0.15) is 22.0 Å². The second-order valence-corrected chi connectivity index (χ2v) is 3.67. The molecule has 1 unspecified atom stereocenters. The molecule has 1 aromatic carbocycles. The summed E-state index contributed by atoms with van der Waals surface area (Å²) in [5.74, 6) is -0.491. The fraction of sp³-hybridized carbons (Fsp3) is 0.333. The smallest absolute Gasteiger partial charge is 0.225 e. The van der Waals surface area contributed by atoms with Gasteiger partial charge in [-0.1, -0.05) is 24.3 Å². The van der Waals surface area contributed by atoms with Crippen LogP contribution in [0.3, 0.4) is 0 Å². The molecule has 0 amide bonds. The Morgan fingerprint density at radius 2 is 2.12 bits per heavy atom. The van der Waals surface area contributed by atoms with Crippen molar-refractivity contribution >= 4 is 12.1 Å². The van der Waals surface area contributed by atoms with Gasteiger partial charge in [0.1, 0.15) is 0 Å². The zero-order chi connectivity index (χ0) is 11.4. The minimum absolute atomic E-state index is 0.0362. The first-order valence-electron chi connectivity index (χ1n) is 5.23. The van der Waals surface area contributed by atoms with Crippen molar-refractivity contribution in [2.45, 2.75) is 6.10 Å². The van der Waals surface area contributed by atoms with E-state index in [-0.39, 0.29) is 6.10 Å². The molecule has 0 bridgehead atoms. The number of rotatable bonds is 3. The number of carbonyl (C=O) groups is 2. The van der Waals surface area contributed by atoms with Crippen molar-refractivity contribution in [3.05, 3.63) is 35.4 Å². The molecule has 1 fully saturated rings. The number of aldehydes is 1. The van der Waals surface area contributed by atoms with E-state index < -0.39 is 5.78 Å². The van der Waals surface area contributed by atoms with Gasteiger partial charge in [0.15, 0.2) is 6.29 Å². The van der Waals surface area contributed by atoms with E-state index in [4.69, 9.17) is 4.74 Å². The van der Waals surface area contributed by atoms with Crippen molar-refractivity contribution in [3.63, 3.8) is 0 Å². The van der Waals surface area contributed by atoms with Gasteiger partial charge in [-0.15, -0.1) is 0 Å². The summed E-state index contributed by atoms with van der Waals surface area (Å²) in [7, 11) is 0. The quantitative estimate of drug-likeness (QED) is 0.462. The van der Waals surface area contributed by atoms with Gasteiger partial charge >= 0.3 is 0 Å². The Morgan fingerprint density at radius 3 is 2.69 bits per heavy atom. The van der Waals surface area contributed by atoms with Crippen LogP contribution in [-0.4, -0.2) is 31.8 Å². The molecular formula is C12H13NO3. The third-order valence-corrected chi connectivity index (χ3v) is 2.60. The van der Waals surface area contributed by atoms with Crippen molar-refractivity contribution in [1.82, 2.24) is 5.32 Å². The molecule has 1 N–H and O–H groups in total. The first kappa shape index (κ1) is 11.0. The molecule has 0 saturated carbocycles. The lowest BCUT2D eigenvalue weighted by atomic mass is 10.0. The molecule has 1 aromatic rings. The number of hydrogen-bond acceptors (Lipinski definition) is 4. The summed E-state index contributed by atoms with van der Waals surface area (Å²) in [4.78, 5) is 21.4. The van der Waals surface area contributed by atoms with Crippen LogP contribution in [0.15, 0.2) is 24.3 Å². The maximum Gasteiger partial charge on any atom is 0.225 e. The number of morpholine rings is 1. The largest absolute Gasteiger partial charge is 0.371 e. The van der Waals surface area contributed by atoms with Gasteiger partial charge < -0.3 is 10.1 Å². The van der Waals surface area contributed by atoms with Crippen molar-refractivity contribution in [2.24, 2.45) is 0 Å². The number of carbonyl (C=O) groups excluding carboxylic acids is 2. The third kappa shape index (κ3) is 2.35. The van der Waals surface area contributed by atoms with Crippen molar-refractivity contribution in [3.8, 4) is 0 Å². The fourth-order valence-electron chi connectivity index (χ4n) is 1.71. The van der Waals surface area contributed by atoms with Crippen molar-refractivity contribution in [1.29, 1.82) is 0 Å². The summed E-state index contributed by atoms with van der Waals surface area (Å²) in [5.41, 5.74) is 1.44. The number of hydrogen-bond donors (Lipinski definition) is 1. The first-order chi connectivity index (χ1) is 7.81. The molecule has 16 heavy (non-hydrogen) atoms. The van der Waals surface area contributed by atoms with Crippen LogP contribution in [0.4, 0.5) is 0 Å². The Hall–Kier alpha value is -1.52. The highest BCUT2D eigenvalue weighted by molar-refractivity contribution is 6.33. The van der Waals surface area contributed by atoms with Crippen molar-refractivity contribution < 1.29 is 14.3 Å². The highest BCUT2D eigenvalue weighted by atomic mass is 16.5. The highest BCUT2D eigenvalue weighted by Gasteiger charge is 2.15. The Morgan fingerprint density at radius 1 is 1.38 bits per heavy atom. The van der Waals surface area contributed by atoms with Gasteiger partial charge in [-0.25, -0.2) is 0 Å². The van der Waals surface area contributed by atoms with Gasteiger partial charge in [-0.2, -0.15) is 0 Å². The predicted octanol–water partition coefficient (Wildman–Crippen LogP) is 0.729. The molecule has 1 saturated heterocycles. The molecule has 0 aliphatic carbocycles. The normalized spacial score (nSPS) is 20.4. The number of benzene rings is 1. The molecular weight excluding hydrogens is 206 g/mol. The lowest BCUT2D eigenvalue weighted by Gasteiger charge is -2.23. The van der Waals surface area contributed by atoms with Crippen LogP contribution in [0, 0.1) is 0 Å². The average molecular weight is 219 g/mol. The van der Waals surface area contributed by atoms with Crippen LogP contribution in [0.2, 0.25) is 0 Å². The summed E-state index contributed by atoms with van der Waals surface area (Å²) in [5, 5.41) is 3.23. The standard InChI is InChI=1S/C12H13NO3/c14-8-11(15)9-1-3-10(4-2-9)12-7-13-5-6-16-12/h1-4,8,12-13H,5-7H2. The van der Waals surface area contributed by atoms with Crippen LogP contribution in [0.5, 0.6) is 0 Å². The van der Waals surface area contributed by atoms with E-state index in [0.29, 0.717) is 18.5 Å². The highest BCUT2D eigenvalue weighted by Crippen LogP contribution is 2.18. The molecule has 0 spiro atoms. The van der Waals surface area contributed by atoms with E-state index >= 15 is 0 Å². The van der Waals surface area contributed by atoms with Crippen LogP contribution in [-0.2, 0) is 9.53 Å². The summed E-state index contributed by atoms with van der Waals surface area (Å²) < 4.78 is 5.57. The van der Waals surface area contributed by atoms with E-state index in [2.05, 4.69) is 5.32 Å². The number of Topliss-reactive ketones (excluding diaryl/α,β-unsaturated/α-hetero) is 1.